The van der Waals surface area contributed by atoms with Crippen molar-refractivity contribution in [2.75, 3.05) is 5.32 Å². The fourth-order valence-electron chi connectivity index (χ4n) is 1.43. The average molecular weight is 230 g/mol. The molecule has 0 aromatic carbocycles. The molecule has 82 valence electrons. The molecule has 16 heavy (non-hydrogen) atoms. The lowest BCUT2D eigenvalue weighted by molar-refractivity contribution is 0.996. The van der Waals surface area contributed by atoms with Gasteiger partial charge in [0, 0.05) is 11.1 Å². The number of hydrogen-bond acceptors (Lipinski definition) is 3. The highest BCUT2D eigenvalue weighted by molar-refractivity contribution is 7.10. The van der Waals surface area contributed by atoms with E-state index in [4.69, 9.17) is 0 Å². The number of hydrogen-bond donors (Lipinski definition) is 1. The SMILES string of the molecule is C=CC(Nc1ccc(C)cn1)c1cccs1. The molecule has 1 unspecified atom stereocenters. The Kier molecular flexibility index (Phi) is 3.37. The van der Waals surface area contributed by atoms with Crippen LogP contribution in [0.1, 0.15) is 16.5 Å². The van der Waals surface area contributed by atoms with Crippen LogP contribution in [0, 0.1) is 6.92 Å². The summed E-state index contributed by atoms with van der Waals surface area (Å²) in [5, 5.41) is 5.41. The van der Waals surface area contributed by atoms with Crippen LogP contribution in [0.15, 0.2) is 48.5 Å². The molecule has 0 saturated carbocycles. The third-order valence-electron chi connectivity index (χ3n) is 2.30. The molecule has 1 N–H and O–H groups in total. The van der Waals surface area contributed by atoms with Crippen LogP contribution in [0.4, 0.5) is 5.82 Å². The molecule has 0 spiro atoms. The highest BCUT2D eigenvalue weighted by atomic mass is 32.1. The molecule has 0 aliphatic carbocycles. The zero-order valence-electron chi connectivity index (χ0n) is 9.18. The van der Waals surface area contributed by atoms with Crippen LogP contribution >= 0.6 is 11.3 Å². The van der Waals surface area contributed by atoms with E-state index < -0.39 is 0 Å². The lowest BCUT2D eigenvalue weighted by Crippen LogP contribution is -2.07. The number of aromatic nitrogens is 1. The first kappa shape index (κ1) is 10.9. The van der Waals surface area contributed by atoms with Crippen molar-refractivity contribution in [3.05, 3.63) is 58.9 Å². The van der Waals surface area contributed by atoms with E-state index in [0.29, 0.717) is 0 Å². The van der Waals surface area contributed by atoms with Crippen LogP contribution < -0.4 is 5.32 Å². The van der Waals surface area contributed by atoms with Gasteiger partial charge < -0.3 is 5.32 Å². The third-order valence-corrected chi connectivity index (χ3v) is 3.26. The van der Waals surface area contributed by atoms with Gasteiger partial charge in [-0.05, 0) is 30.0 Å². The van der Waals surface area contributed by atoms with Crippen molar-refractivity contribution < 1.29 is 0 Å². The Bertz CT molecular complexity index is 445. The number of thiophene rings is 1. The molecule has 0 radical (unpaired) electrons. The van der Waals surface area contributed by atoms with Crippen molar-refractivity contribution in [1.29, 1.82) is 0 Å². The Morgan fingerprint density at radius 3 is 2.88 bits per heavy atom. The summed E-state index contributed by atoms with van der Waals surface area (Å²) in [7, 11) is 0. The Morgan fingerprint density at radius 2 is 2.31 bits per heavy atom. The monoisotopic (exact) mass is 230 g/mol. The second-order valence-electron chi connectivity index (χ2n) is 3.59. The largest absolute Gasteiger partial charge is 0.359 e. The smallest absolute Gasteiger partial charge is 0.126 e. The van der Waals surface area contributed by atoms with Gasteiger partial charge in [0.2, 0.25) is 0 Å². The van der Waals surface area contributed by atoms with E-state index >= 15 is 0 Å². The number of rotatable bonds is 4. The zero-order chi connectivity index (χ0) is 11.4. The van der Waals surface area contributed by atoms with Gasteiger partial charge in [0.15, 0.2) is 0 Å². The first-order valence-electron chi connectivity index (χ1n) is 5.15. The van der Waals surface area contributed by atoms with Crippen LogP contribution in [0.3, 0.4) is 0 Å². The molecule has 2 rings (SSSR count). The maximum absolute atomic E-state index is 4.32. The lowest BCUT2D eigenvalue weighted by atomic mass is 10.2. The molecule has 0 aliphatic rings. The Balaban J connectivity index is 2.13. The number of anilines is 1. The molecular weight excluding hydrogens is 216 g/mol. The molecule has 1 atom stereocenters. The van der Waals surface area contributed by atoms with Gasteiger partial charge in [-0.2, -0.15) is 0 Å². The third kappa shape index (κ3) is 2.49. The van der Waals surface area contributed by atoms with Crippen molar-refractivity contribution in [2.24, 2.45) is 0 Å². The van der Waals surface area contributed by atoms with E-state index in [1.54, 1.807) is 11.3 Å². The first-order chi connectivity index (χ1) is 7.79. The molecule has 2 nitrogen and oxygen atoms in total. The van der Waals surface area contributed by atoms with Crippen molar-refractivity contribution in [2.45, 2.75) is 13.0 Å². The normalized spacial score (nSPS) is 12.1. The highest BCUT2D eigenvalue weighted by Crippen LogP contribution is 2.23. The molecule has 0 bridgehead atoms. The molecule has 0 fully saturated rings. The minimum atomic E-state index is 0.134. The quantitative estimate of drug-likeness (QED) is 0.808. The van der Waals surface area contributed by atoms with E-state index in [-0.39, 0.29) is 6.04 Å². The van der Waals surface area contributed by atoms with Crippen molar-refractivity contribution in [3.8, 4) is 0 Å². The maximum atomic E-state index is 4.32. The minimum Gasteiger partial charge on any atom is -0.359 e. The van der Waals surface area contributed by atoms with Crippen LogP contribution in [0.25, 0.3) is 0 Å². The van der Waals surface area contributed by atoms with E-state index in [2.05, 4.69) is 28.3 Å². The van der Waals surface area contributed by atoms with Gasteiger partial charge in [0.1, 0.15) is 5.82 Å². The second-order valence-corrected chi connectivity index (χ2v) is 4.57. The van der Waals surface area contributed by atoms with Gasteiger partial charge in [-0.3, -0.25) is 0 Å². The number of nitrogens with zero attached hydrogens (tertiary/aromatic N) is 1. The highest BCUT2D eigenvalue weighted by Gasteiger charge is 2.08. The van der Waals surface area contributed by atoms with Gasteiger partial charge in [-0.25, -0.2) is 4.98 Å². The predicted molar refractivity (Wildman–Crippen MR) is 69.9 cm³/mol. The average Bonchev–Trinajstić information content (AvgIpc) is 2.82. The predicted octanol–water partition coefficient (Wildman–Crippen LogP) is 3.79. The fraction of sp³-hybridized carbons (Fsp3) is 0.154. The summed E-state index contributed by atoms with van der Waals surface area (Å²) < 4.78 is 0. The molecule has 0 aliphatic heterocycles. The summed E-state index contributed by atoms with van der Waals surface area (Å²) in [5.74, 6) is 0.879. The van der Waals surface area contributed by atoms with E-state index in [0.717, 1.165) is 11.4 Å². The molecule has 0 amide bonds. The summed E-state index contributed by atoms with van der Waals surface area (Å²) in [6.45, 7) is 5.88. The van der Waals surface area contributed by atoms with Gasteiger partial charge in [0.05, 0.1) is 6.04 Å². The summed E-state index contributed by atoms with van der Waals surface area (Å²) in [6.07, 6.45) is 3.75. The van der Waals surface area contributed by atoms with Crippen LogP contribution in [0.2, 0.25) is 0 Å². The van der Waals surface area contributed by atoms with Crippen molar-refractivity contribution >= 4 is 17.2 Å². The topological polar surface area (TPSA) is 24.9 Å². The van der Waals surface area contributed by atoms with E-state index in [9.17, 15) is 0 Å². The number of aryl methyl sites for hydroxylation is 1. The van der Waals surface area contributed by atoms with E-state index in [1.807, 2.05) is 37.4 Å². The van der Waals surface area contributed by atoms with Crippen LogP contribution in [0.5, 0.6) is 0 Å². The molecule has 2 aromatic rings. The number of pyridine rings is 1. The standard InChI is InChI=1S/C13H14N2S/c1-3-11(12-5-4-8-16-12)15-13-7-6-10(2)9-14-13/h3-9,11H,1H2,2H3,(H,14,15). The molecular formula is C13H14N2S. The molecule has 2 aromatic heterocycles. The van der Waals surface area contributed by atoms with Crippen molar-refractivity contribution in [3.63, 3.8) is 0 Å². The van der Waals surface area contributed by atoms with Crippen LogP contribution in [-0.2, 0) is 0 Å². The Morgan fingerprint density at radius 1 is 1.44 bits per heavy atom. The summed E-state index contributed by atoms with van der Waals surface area (Å²) >= 11 is 1.72. The summed E-state index contributed by atoms with van der Waals surface area (Å²) in [4.78, 5) is 5.57. The molecule has 0 saturated heterocycles. The van der Waals surface area contributed by atoms with Gasteiger partial charge in [0.25, 0.3) is 0 Å². The maximum Gasteiger partial charge on any atom is 0.126 e. The van der Waals surface area contributed by atoms with E-state index in [1.165, 1.54) is 4.88 Å². The minimum absolute atomic E-state index is 0.134. The first-order valence-corrected chi connectivity index (χ1v) is 6.02. The molecule has 2 heterocycles. The second kappa shape index (κ2) is 4.94. The number of nitrogens with one attached hydrogen (secondary N) is 1. The van der Waals surface area contributed by atoms with Gasteiger partial charge in [-0.15, -0.1) is 17.9 Å². The summed E-state index contributed by atoms with van der Waals surface area (Å²) in [5.41, 5.74) is 1.16. The van der Waals surface area contributed by atoms with Gasteiger partial charge in [-0.1, -0.05) is 18.2 Å². The lowest BCUT2D eigenvalue weighted by Gasteiger charge is -2.13. The van der Waals surface area contributed by atoms with Crippen LogP contribution in [-0.4, -0.2) is 4.98 Å². The Labute approximate surface area is 99.7 Å². The Hall–Kier alpha value is -1.61. The zero-order valence-corrected chi connectivity index (χ0v) is 10.00. The fourth-order valence-corrected chi connectivity index (χ4v) is 2.20. The van der Waals surface area contributed by atoms with Gasteiger partial charge >= 0.3 is 0 Å². The van der Waals surface area contributed by atoms with Crippen molar-refractivity contribution in [1.82, 2.24) is 4.98 Å². The summed E-state index contributed by atoms with van der Waals surface area (Å²) in [6, 6.07) is 8.30. The molecule has 3 heteroatoms.